The summed E-state index contributed by atoms with van der Waals surface area (Å²) in [5.74, 6) is -0.192. The third kappa shape index (κ3) is 2.44. The standard InChI is InChI=1S/C16H18FN/c1-11-8-9-13(17)10-16(11)15-7-5-4-6-14(15)12(2)18-3/h4-10,12,18H,1-3H3. The lowest BCUT2D eigenvalue weighted by molar-refractivity contribution is 0.627. The Labute approximate surface area is 108 Å². The Hall–Kier alpha value is -1.67. The molecule has 2 aromatic rings. The van der Waals surface area contributed by atoms with Crippen LogP contribution < -0.4 is 5.32 Å². The van der Waals surface area contributed by atoms with Gasteiger partial charge in [0.2, 0.25) is 0 Å². The van der Waals surface area contributed by atoms with E-state index in [4.69, 9.17) is 0 Å². The van der Waals surface area contributed by atoms with Gasteiger partial charge >= 0.3 is 0 Å². The van der Waals surface area contributed by atoms with Gasteiger partial charge in [-0.3, -0.25) is 0 Å². The Morgan fingerprint density at radius 2 is 1.78 bits per heavy atom. The first-order valence-electron chi connectivity index (χ1n) is 6.16. The van der Waals surface area contributed by atoms with E-state index in [0.717, 1.165) is 16.7 Å². The normalized spacial score (nSPS) is 12.4. The molecule has 0 aliphatic heterocycles. The van der Waals surface area contributed by atoms with Crippen molar-refractivity contribution < 1.29 is 4.39 Å². The molecule has 0 aliphatic rings. The number of halogens is 1. The van der Waals surface area contributed by atoms with Gasteiger partial charge in [0.15, 0.2) is 0 Å². The van der Waals surface area contributed by atoms with Crippen LogP contribution >= 0.6 is 0 Å². The molecule has 0 heterocycles. The van der Waals surface area contributed by atoms with Gasteiger partial charge in [0.25, 0.3) is 0 Å². The fourth-order valence-corrected chi connectivity index (χ4v) is 2.16. The third-order valence-corrected chi connectivity index (χ3v) is 3.35. The fourth-order valence-electron chi connectivity index (χ4n) is 2.16. The number of rotatable bonds is 3. The Kier molecular flexibility index (Phi) is 3.78. The summed E-state index contributed by atoms with van der Waals surface area (Å²) in [5.41, 5.74) is 4.34. The van der Waals surface area contributed by atoms with Gasteiger partial charge in [0, 0.05) is 6.04 Å². The van der Waals surface area contributed by atoms with Gasteiger partial charge < -0.3 is 5.32 Å². The fraction of sp³-hybridized carbons (Fsp3) is 0.250. The highest BCUT2D eigenvalue weighted by Crippen LogP contribution is 2.30. The Morgan fingerprint density at radius 1 is 1.06 bits per heavy atom. The van der Waals surface area contributed by atoms with E-state index in [9.17, 15) is 4.39 Å². The first-order valence-corrected chi connectivity index (χ1v) is 6.16. The van der Waals surface area contributed by atoms with Gasteiger partial charge in [-0.25, -0.2) is 4.39 Å². The van der Waals surface area contributed by atoms with Gasteiger partial charge in [-0.2, -0.15) is 0 Å². The molecule has 0 amide bonds. The van der Waals surface area contributed by atoms with Crippen LogP contribution in [0.15, 0.2) is 42.5 Å². The summed E-state index contributed by atoms with van der Waals surface area (Å²) >= 11 is 0. The largest absolute Gasteiger partial charge is 0.313 e. The summed E-state index contributed by atoms with van der Waals surface area (Å²) < 4.78 is 13.4. The van der Waals surface area contributed by atoms with E-state index in [1.807, 2.05) is 38.2 Å². The molecule has 0 saturated carbocycles. The topological polar surface area (TPSA) is 12.0 Å². The van der Waals surface area contributed by atoms with Crippen LogP contribution in [0.3, 0.4) is 0 Å². The molecule has 0 spiro atoms. The van der Waals surface area contributed by atoms with Crippen molar-refractivity contribution in [2.75, 3.05) is 7.05 Å². The molecular weight excluding hydrogens is 225 g/mol. The summed E-state index contributed by atoms with van der Waals surface area (Å²) in [6.07, 6.45) is 0. The van der Waals surface area contributed by atoms with E-state index < -0.39 is 0 Å². The highest BCUT2D eigenvalue weighted by Gasteiger charge is 2.12. The van der Waals surface area contributed by atoms with Crippen LogP contribution in [0.5, 0.6) is 0 Å². The molecule has 2 aromatic carbocycles. The van der Waals surface area contributed by atoms with Crippen molar-refractivity contribution in [1.82, 2.24) is 5.32 Å². The van der Waals surface area contributed by atoms with E-state index in [-0.39, 0.29) is 11.9 Å². The second-order valence-electron chi connectivity index (χ2n) is 4.56. The molecule has 0 fully saturated rings. The lowest BCUT2D eigenvalue weighted by Crippen LogP contribution is -2.13. The zero-order valence-electron chi connectivity index (χ0n) is 11.0. The zero-order valence-corrected chi connectivity index (χ0v) is 11.0. The minimum absolute atomic E-state index is 0.192. The molecule has 0 saturated heterocycles. The minimum atomic E-state index is -0.192. The number of nitrogens with one attached hydrogen (secondary N) is 1. The molecule has 0 aliphatic carbocycles. The predicted molar refractivity (Wildman–Crippen MR) is 74.0 cm³/mol. The van der Waals surface area contributed by atoms with Crippen LogP contribution in [0.1, 0.15) is 24.1 Å². The monoisotopic (exact) mass is 243 g/mol. The van der Waals surface area contributed by atoms with Crippen LogP contribution in [0.2, 0.25) is 0 Å². The van der Waals surface area contributed by atoms with Crippen LogP contribution in [-0.2, 0) is 0 Å². The summed E-state index contributed by atoms with van der Waals surface area (Å²) in [7, 11) is 1.93. The quantitative estimate of drug-likeness (QED) is 0.856. The molecule has 94 valence electrons. The summed E-state index contributed by atoms with van der Waals surface area (Å²) in [6, 6.07) is 13.3. The number of hydrogen-bond acceptors (Lipinski definition) is 1. The van der Waals surface area contributed by atoms with Crippen LogP contribution in [-0.4, -0.2) is 7.05 Å². The Morgan fingerprint density at radius 3 is 2.50 bits per heavy atom. The first kappa shape index (κ1) is 12.8. The molecule has 0 aromatic heterocycles. The molecular formula is C16H18FN. The minimum Gasteiger partial charge on any atom is -0.313 e. The van der Waals surface area contributed by atoms with E-state index in [1.165, 1.54) is 11.6 Å². The average Bonchev–Trinajstić information content (AvgIpc) is 2.40. The van der Waals surface area contributed by atoms with Gasteiger partial charge in [-0.1, -0.05) is 30.3 Å². The number of aryl methyl sites for hydroxylation is 1. The lowest BCUT2D eigenvalue weighted by Gasteiger charge is -2.17. The van der Waals surface area contributed by atoms with E-state index in [2.05, 4.69) is 18.3 Å². The van der Waals surface area contributed by atoms with Crippen molar-refractivity contribution in [2.24, 2.45) is 0 Å². The van der Waals surface area contributed by atoms with Crippen molar-refractivity contribution in [2.45, 2.75) is 19.9 Å². The predicted octanol–water partition coefficient (Wildman–Crippen LogP) is 4.08. The van der Waals surface area contributed by atoms with E-state index in [1.54, 1.807) is 6.07 Å². The molecule has 1 N–H and O–H groups in total. The van der Waals surface area contributed by atoms with Gasteiger partial charge in [-0.05, 0) is 55.3 Å². The third-order valence-electron chi connectivity index (χ3n) is 3.35. The molecule has 0 bridgehead atoms. The Bertz CT molecular complexity index is 549. The first-order chi connectivity index (χ1) is 8.63. The number of benzene rings is 2. The van der Waals surface area contributed by atoms with Crippen molar-refractivity contribution in [1.29, 1.82) is 0 Å². The van der Waals surface area contributed by atoms with Crippen molar-refractivity contribution >= 4 is 0 Å². The maximum absolute atomic E-state index is 13.4. The summed E-state index contributed by atoms with van der Waals surface area (Å²) in [6.45, 7) is 4.11. The molecule has 0 radical (unpaired) electrons. The second kappa shape index (κ2) is 5.32. The van der Waals surface area contributed by atoms with Gasteiger partial charge in [0.05, 0.1) is 0 Å². The van der Waals surface area contributed by atoms with Crippen LogP contribution in [0.4, 0.5) is 4.39 Å². The maximum Gasteiger partial charge on any atom is 0.123 e. The zero-order chi connectivity index (χ0) is 13.1. The van der Waals surface area contributed by atoms with Crippen LogP contribution in [0.25, 0.3) is 11.1 Å². The number of hydrogen-bond donors (Lipinski definition) is 1. The lowest BCUT2D eigenvalue weighted by atomic mass is 9.93. The highest BCUT2D eigenvalue weighted by molar-refractivity contribution is 5.71. The molecule has 18 heavy (non-hydrogen) atoms. The molecule has 2 rings (SSSR count). The SMILES string of the molecule is CNC(C)c1ccccc1-c1cc(F)ccc1C. The smallest absolute Gasteiger partial charge is 0.123 e. The maximum atomic E-state index is 13.4. The Balaban J connectivity index is 2.60. The van der Waals surface area contributed by atoms with Crippen molar-refractivity contribution in [3.63, 3.8) is 0 Å². The van der Waals surface area contributed by atoms with E-state index in [0.29, 0.717) is 0 Å². The van der Waals surface area contributed by atoms with Crippen molar-refractivity contribution in [3.05, 3.63) is 59.4 Å². The highest BCUT2D eigenvalue weighted by atomic mass is 19.1. The van der Waals surface area contributed by atoms with Crippen molar-refractivity contribution in [3.8, 4) is 11.1 Å². The molecule has 1 unspecified atom stereocenters. The van der Waals surface area contributed by atoms with E-state index >= 15 is 0 Å². The molecule has 1 nitrogen and oxygen atoms in total. The van der Waals surface area contributed by atoms with Crippen LogP contribution in [0, 0.1) is 12.7 Å². The van der Waals surface area contributed by atoms with Gasteiger partial charge in [0.1, 0.15) is 5.82 Å². The molecule has 2 heteroatoms. The average molecular weight is 243 g/mol. The summed E-state index contributed by atoms with van der Waals surface area (Å²) in [4.78, 5) is 0. The summed E-state index contributed by atoms with van der Waals surface area (Å²) in [5, 5.41) is 3.23. The second-order valence-corrected chi connectivity index (χ2v) is 4.56. The van der Waals surface area contributed by atoms with Gasteiger partial charge in [-0.15, -0.1) is 0 Å². The molecule has 1 atom stereocenters.